The number of esters is 4. The van der Waals surface area contributed by atoms with Crippen LogP contribution in [0.25, 0.3) is 0 Å². The number of phosphoric acid groups is 2. The highest BCUT2D eigenvalue weighted by molar-refractivity contribution is 7.47. The van der Waals surface area contributed by atoms with E-state index in [1.165, 1.54) is 308 Å². The van der Waals surface area contributed by atoms with Gasteiger partial charge in [-0.25, -0.2) is 9.13 Å². The highest BCUT2D eigenvalue weighted by Crippen LogP contribution is 2.45. The molecule has 0 heterocycles. The fourth-order valence-electron chi connectivity index (χ4n) is 13.7. The molecule has 17 nitrogen and oxygen atoms in total. The Morgan fingerprint density at radius 1 is 0.226 bits per heavy atom. The number of phosphoric ester groups is 2. The molecule has 0 saturated heterocycles. The molecule has 630 valence electrons. The van der Waals surface area contributed by atoms with Crippen molar-refractivity contribution in [2.45, 2.75) is 495 Å². The zero-order valence-corrected chi connectivity index (χ0v) is 71.2. The summed E-state index contributed by atoms with van der Waals surface area (Å²) < 4.78 is 68.9. The minimum atomic E-state index is -4.97. The van der Waals surface area contributed by atoms with Crippen LogP contribution in [-0.4, -0.2) is 96.7 Å². The van der Waals surface area contributed by atoms with Gasteiger partial charge < -0.3 is 33.8 Å². The van der Waals surface area contributed by atoms with Gasteiger partial charge in [0.15, 0.2) is 12.2 Å². The molecule has 19 heteroatoms. The lowest BCUT2D eigenvalue weighted by atomic mass is 10.0. The Kier molecular flexibility index (Phi) is 79.6. The molecule has 0 bridgehead atoms. The van der Waals surface area contributed by atoms with Crippen LogP contribution in [0.3, 0.4) is 0 Å². The van der Waals surface area contributed by atoms with Gasteiger partial charge in [-0.2, -0.15) is 0 Å². The third-order valence-electron chi connectivity index (χ3n) is 20.6. The van der Waals surface area contributed by atoms with Crippen molar-refractivity contribution < 1.29 is 80.2 Å². The highest BCUT2D eigenvalue weighted by Gasteiger charge is 2.30. The highest BCUT2D eigenvalue weighted by atomic mass is 31.2. The van der Waals surface area contributed by atoms with E-state index in [4.69, 9.17) is 37.0 Å². The Balaban J connectivity index is 5.23. The lowest BCUT2D eigenvalue weighted by Crippen LogP contribution is -2.30. The Bertz CT molecular complexity index is 2000. The van der Waals surface area contributed by atoms with Gasteiger partial charge in [-0.05, 0) is 25.7 Å². The van der Waals surface area contributed by atoms with Crippen LogP contribution in [0.4, 0.5) is 0 Å². The predicted octanol–water partition coefficient (Wildman–Crippen LogP) is 26.9. The van der Waals surface area contributed by atoms with E-state index in [1.807, 2.05) is 0 Å². The topological polar surface area (TPSA) is 237 Å². The largest absolute Gasteiger partial charge is 0.472 e. The molecule has 0 aromatic heterocycles. The number of carbonyl (C=O) groups excluding carboxylic acids is 4. The molecule has 0 aromatic rings. The van der Waals surface area contributed by atoms with Gasteiger partial charge in [0, 0.05) is 25.7 Å². The SMILES string of the molecule is CCCCCCCCCCCCCCCCCCCCCCC(=O)OC[C@H](COP(=O)(O)OC[C@@H](O)COP(=O)(O)OC[C@@H](COC(=O)CCCCCCCCCCCCCCC)OC(=O)CCCCCCCCCCCCCCC)OC(=O)CCCCCCCCCCCCCCCCCCCCCC. The second kappa shape index (κ2) is 81.1. The van der Waals surface area contributed by atoms with Crippen LogP contribution in [0, 0.1) is 0 Å². The molecular formula is C87H170O17P2. The summed E-state index contributed by atoms with van der Waals surface area (Å²) >= 11 is 0. The Hall–Kier alpha value is -1.94. The maximum Gasteiger partial charge on any atom is 0.472 e. The standard InChI is InChI=1S/C87H170O17P2/c1-5-9-13-17-21-25-29-33-35-37-39-41-43-45-49-52-56-60-64-68-72-85(90)98-78-83(104-87(92)74-70-66-62-58-54-50-46-44-42-40-38-36-34-30-26-22-18-14-10-6-2)80-102-106(95,96)100-76-81(88)75-99-105(93,94)101-79-82(103-86(91)73-69-65-61-57-53-48-32-28-24-20-16-12-8-4)77-97-84(89)71-67-63-59-55-51-47-31-27-23-19-15-11-7-3/h81-83,88H,5-80H2,1-4H3,(H,93,94)(H,95,96)/t81-,82+,83+/m0/s1. The smallest absolute Gasteiger partial charge is 0.462 e. The summed E-state index contributed by atoms with van der Waals surface area (Å²) in [7, 11) is -9.93. The molecule has 0 fully saturated rings. The number of hydrogen-bond acceptors (Lipinski definition) is 15. The summed E-state index contributed by atoms with van der Waals surface area (Å²) in [4.78, 5) is 73.3. The molecule has 3 N–H and O–H groups in total. The van der Waals surface area contributed by atoms with E-state index in [-0.39, 0.29) is 25.7 Å². The molecule has 0 radical (unpaired) electrons. The summed E-state index contributed by atoms with van der Waals surface area (Å²) in [5, 5.41) is 10.7. The van der Waals surface area contributed by atoms with Gasteiger partial charge in [0.25, 0.3) is 0 Å². The van der Waals surface area contributed by atoms with Gasteiger partial charge in [-0.3, -0.25) is 37.3 Å². The Morgan fingerprint density at radius 2 is 0.377 bits per heavy atom. The fraction of sp³-hybridized carbons (Fsp3) is 0.954. The van der Waals surface area contributed by atoms with E-state index >= 15 is 0 Å². The minimum Gasteiger partial charge on any atom is -0.462 e. The maximum atomic E-state index is 13.2. The van der Waals surface area contributed by atoms with Crippen molar-refractivity contribution in [3.05, 3.63) is 0 Å². The molecule has 0 aliphatic heterocycles. The van der Waals surface area contributed by atoms with Crippen LogP contribution in [0.15, 0.2) is 0 Å². The lowest BCUT2D eigenvalue weighted by molar-refractivity contribution is -0.161. The number of aliphatic hydroxyl groups excluding tert-OH is 1. The third-order valence-corrected chi connectivity index (χ3v) is 22.5. The molecule has 5 atom stereocenters. The lowest BCUT2D eigenvalue weighted by Gasteiger charge is -2.21. The van der Waals surface area contributed by atoms with Crippen LogP contribution in [0.1, 0.15) is 477 Å². The van der Waals surface area contributed by atoms with Crippen molar-refractivity contribution >= 4 is 39.5 Å². The van der Waals surface area contributed by atoms with Gasteiger partial charge in [0.1, 0.15) is 19.3 Å². The average Bonchev–Trinajstić information content (AvgIpc) is 0.874. The first kappa shape index (κ1) is 104. The van der Waals surface area contributed by atoms with Crippen molar-refractivity contribution in [2.24, 2.45) is 0 Å². The second-order valence-electron chi connectivity index (χ2n) is 31.3. The zero-order chi connectivity index (χ0) is 77.4. The number of ether oxygens (including phenoxy) is 4. The predicted molar refractivity (Wildman–Crippen MR) is 437 cm³/mol. The number of aliphatic hydroxyl groups is 1. The summed E-state index contributed by atoms with van der Waals surface area (Å²) in [6.07, 6.45) is 76.3. The quantitative estimate of drug-likeness (QED) is 0.0222. The first-order valence-corrected chi connectivity index (χ1v) is 48.3. The number of carbonyl (C=O) groups is 4. The summed E-state index contributed by atoms with van der Waals surface area (Å²) in [5.41, 5.74) is 0. The van der Waals surface area contributed by atoms with Crippen LogP contribution in [-0.2, 0) is 65.4 Å². The number of rotatable bonds is 88. The number of hydrogen-bond donors (Lipinski definition) is 3. The first-order chi connectivity index (χ1) is 51.7. The molecule has 0 aliphatic carbocycles. The van der Waals surface area contributed by atoms with E-state index in [0.29, 0.717) is 25.7 Å². The van der Waals surface area contributed by atoms with Crippen LogP contribution < -0.4 is 0 Å². The van der Waals surface area contributed by atoms with E-state index in [2.05, 4.69) is 27.7 Å². The van der Waals surface area contributed by atoms with E-state index in [0.717, 1.165) is 89.9 Å². The molecular weight excluding hydrogens is 1380 g/mol. The summed E-state index contributed by atoms with van der Waals surface area (Å²) in [6, 6.07) is 0. The van der Waals surface area contributed by atoms with Gasteiger partial charge in [0.2, 0.25) is 0 Å². The van der Waals surface area contributed by atoms with Crippen molar-refractivity contribution in [1.29, 1.82) is 0 Å². The Morgan fingerprint density at radius 3 is 0.557 bits per heavy atom. The first-order valence-electron chi connectivity index (χ1n) is 45.3. The van der Waals surface area contributed by atoms with Crippen molar-refractivity contribution in [1.82, 2.24) is 0 Å². The normalized spacial score (nSPS) is 13.7. The molecule has 0 rings (SSSR count). The third kappa shape index (κ3) is 80.1. The van der Waals surface area contributed by atoms with E-state index in [1.54, 1.807) is 0 Å². The zero-order valence-electron chi connectivity index (χ0n) is 69.4. The summed E-state index contributed by atoms with van der Waals surface area (Å²) in [6.45, 7) is 5.07. The van der Waals surface area contributed by atoms with Crippen LogP contribution in [0.2, 0.25) is 0 Å². The van der Waals surface area contributed by atoms with Gasteiger partial charge in [-0.1, -0.05) is 426 Å². The second-order valence-corrected chi connectivity index (χ2v) is 34.2. The fourth-order valence-corrected chi connectivity index (χ4v) is 15.3. The summed E-state index contributed by atoms with van der Waals surface area (Å²) in [5.74, 6) is -2.09. The van der Waals surface area contributed by atoms with Gasteiger partial charge >= 0.3 is 39.5 Å². The molecule has 0 aliphatic rings. The molecule has 0 saturated carbocycles. The van der Waals surface area contributed by atoms with Crippen LogP contribution in [0.5, 0.6) is 0 Å². The van der Waals surface area contributed by atoms with Crippen molar-refractivity contribution in [2.75, 3.05) is 39.6 Å². The molecule has 0 aromatic carbocycles. The van der Waals surface area contributed by atoms with E-state index < -0.39 is 97.5 Å². The van der Waals surface area contributed by atoms with Crippen molar-refractivity contribution in [3.8, 4) is 0 Å². The average molecular weight is 1550 g/mol. The number of unbranched alkanes of at least 4 members (excludes halogenated alkanes) is 62. The molecule has 106 heavy (non-hydrogen) atoms. The molecule has 0 amide bonds. The van der Waals surface area contributed by atoms with Crippen molar-refractivity contribution in [3.63, 3.8) is 0 Å². The molecule has 0 spiro atoms. The van der Waals surface area contributed by atoms with Crippen LogP contribution >= 0.6 is 15.6 Å². The maximum absolute atomic E-state index is 13.2. The van der Waals surface area contributed by atoms with Gasteiger partial charge in [0.05, 0.1) is 26.4 Å². The van der Waals surface area contributed by atoms with E-state index in [9.17, 15) is 43.2 Å². The molecule has 2 unspecified atom stereocenters. The van der Waals surface area contributed by atoms with Gasteiger partial charge in [-0.15, -0.1) is 0 Å². The Labute approximate surface area is 651 Å². The minimum absolute atomic E-state index is 0.109. The monoisotopic (exact) mass is 1550 g/mol.